The minimum Gasteiger partial charge on any atom is -0.508 e. The molecule has 6 nitrogen and oxygen atoms in total. The summed E-state index contributed by atoms with van der Waals surface area (Å²) in [6, 6.07) is 5.42. The fraction of sp³-hybridized carbons (Fsp3) is 0.222. The van der Waals surface area contributed by atoms with Crippen molar-refractivity contribution in [1.82, 2.24) is 0 Å². The Labute approximate surface area is 92.9 Å². The van der Waals surface area contributed by atoms with Crippen LogP contribution in [0.3, 0.4) is 0 Å². The standard InChI is InChI=1S/C9H11NO5S/c1-15-9(12)6-16(13,14)10-7-2-4-8(11)5-3-7/h2-5,10-11H,6H2,1H3. The van der Waals surface area contributed by atoms with Crippen molar-refractivity contribution in [2.45, 2.75) is 0 Å². The normalized spacial score (nSPS) is 10.8. The summed E-state index contributed by atoms with van der Waals surface area (Å²) in [6.45, 7) is 0. The number of carbonyl (C=O) groups excluding carboxylic acids is 1. The molecule has 0 aliphatic heterocycles. The Hall–Kier alpha value is -1.76. The third-order valence-corrected chi connectivity index (χ3v) is 2.84. The van der Waals surface area contributed by atoms with Crippen LogP contribution >= 0.6 is 0 Å². The van der Waals surface area contributed by atoms with E-state index in [-0.39, 0.29) is 11.4 Å². The Balaban J connectivity index is 2.73. The Bertz CT molecular complexity index is 465. The summed E-state index contributed by atoms with van der Waals surface area (Å²) in [4.78, 5) is 10.8. The van der Waals surface area contributed by atoms with Crippen molar-refractivity contribution in [1.29, 1.82) is 0 Å². The van der Waals surface area contributed by atoms with Gasteiger partial charge >= 0.3 is 5.97 Å². The molecule has 0 spiro atoms. The molecule has 0 fully saturated rings. The average Bonchev–Trinajstić information content (AvgIpc) is 2.20. The van der Waals surface area contributed by atoms with Gasteiger partial charge in [0, 0.05) is 5.69 Å². The number of hydrogen-bond acceptors (Lipinski definition) is 5. The number of esters is 1. The topological polar surface area (TPSA) is 92.7 Å². The monoisotopic (exact) mass is 245 g/mol. The van der Waals surface area contributed by atoms with E-state index in [0.717, 1.165) is 7.11 Å². The third kappa shape index (κ3) is 3.77. The lowest BCUT2D eigenvalue weighted by Crippen LogP contribution is -2.23. The zero-order valence-corrected chi connectivity index (χ0v) is 9.32. The molecule has 0 atom stereocenters. The maximum atomic E-state index is 11.4. The van der Waals surface area contributed by atoms with Crippen LogP contribution in [0.1, 0.15) is 0 Å². The summed E-state index contributed by atoms with van der Waals surface area (Å²) in [5.74, 6) is -1.56. The number of aromatic hydroxyl groups is 1. The van der Waals surface area contributed by atoms with E-state index >= 15 is 0 Å². The van der Waals surface area contributed by atoms with Crippen molar-refractivity contribution < 1.29 is 23.1 Å². The molecule has 0 saturated carbocycles. The lowest BCUT2D eigenvalue weighted by molar-refractivity contribution is -0.137. The minimum atomic E-state index is -3.76. The molecule has 1 rings (SSSR count). The molecule has 0 unspecified atom stereocenters. The van der Waals surface area contributed by atoms with Gasteiger partial charge < -0.3 is 9.84 Å². The second-order valence-corrected chi connectivity index (χ2v) is 4.71. The number of carbonyl (C=O) groups is 1. The van der Waals surface area contributed by atoms with Gasteiger partial charge in [0.2, 0.25) is 10.0 Å². The smallest absolute Gasteiger partial charge is 0.322 e. The van der Waals surface area contributed by atoms with E-state index in [1.807, 2.05) is 0 Å². The molecule has 0 radical (unpaired) electrons. The van der Waals surface area contributed by atoms with Crippen LogP contribution < -0.4 is 4.72 Å². The number of rotatable bonds is 4. The van der Waals surface area contributed by atoms with Crippen molar-refractivity contribution >= 4 is 21.7 Å². The van der Waals surface area contributed by atoms with E-state index in [1.165, 1.54) is 24.3 Å². The molecular formula is C9H11NO5S. The zero-order chi connectivity index (χ0) is 12.2. The molecule has 7 heteroatoms. The van der Waals surface area contributed by atoms with Crippen LogP contribution in [-0.2, 0) is 19.6 Å². The van der Waals surface area contributed by atoms with Crippen LogP contribution in [0.25, 0.3) is 0 Å². The number of nitrogens with one attached hydrogen (secondary N) is 1. The molecule has 16 heavy (non-hydrogen) atoms. The van der Waals surface area contributed by atoms with Gasteiger partial charge in [-0.1, -0.05) is 0 Å². The molecule has 1 aromatic rings. The molecule has 2 N–H and O–H groups in total. The Morgan fingerprint density at radius 3 is 2.44 bits per heavy atom. The number of sulfonamides is 1. The molecule has 0 bridgehead atoms. The predicted octanol–water partition coefficient (Wildman–Crippen LogP) is 0.307. The highest BCUT2D eigenvalue weighted by Gasteiger charge is 2.16. The summed E-state index contributed by atoms with van der Waals surface area (Å²) >= 11 is 0. The molecule has 1 aromatic carbocycles. The first-order valence-corrected chi connectivity index (χ1v) is 5.94. The van der Waals surface area contributed by atoms with Crippen molar-refractivity contribution in [3.8, 4) is 5.75 Å². The van der Waals surface area contributed by atoms with Gasteiger partial charge in [-0.25, -0.2) is 8.42 Å². The van der Waals surface area contributed by atoms with Gasteiger partial charge in [0.05, 0.1) is 7.11 Å². The van der Waals surface area contributed by atoms with Gasteiger partial charge in [-0.15, -0.1) is 0 Å². The van der Waals surface area contributed by atoms with E-state index in [2.05, 4.69) is 9.46 Å². The van der Waals surface area contributed by atoms with Gasteiger partial charge in [0.25, 0.3) is 0 Å². The number of phenols is 1. The second kappa shape index (κ2) is 4.84. The molecule has 0 aliphatic rings. The van der Waals surface area contributed by atoms with E-state index < -0.39 is 21.7 Å². The molecule has 0 heterocycles. The lowest BCUT2D eigenvalue weighted by Gasteiger charge is -2.06. The summed E-state index contributed by atoms with van der Waals surface area (Å²) in [6.07, 6.45) is 0. The van der Waals surface area contributed by atoms with Crippen molar-refractivity contribution in [3.05, 3.63) is 24.3 Å². The summed E-state index contributed by atoms with van der Waals surface area (Å²) in [7, 11) is -2.66. The van der Waals surface area contributed by atoms with Crippen molar-refractivity contribution in [2.24, 2.45) is 0 Å². The van der Waals surface area contributed by atoms with Crippen LogP contribution in [0.2, 0.25) is 0 Å². The highest BCUT2D eigenvalue weighted by atomic mass is 32.2. The van der Waals surface area contributed by atoms with E-state index in [0.29, 0.717) is 0 Å². The molecule has 88 valence electrons. The average molecular weight is 245 g/mol. The first kappa shape index (κ1) is 12.3. The van der Waals surface area contributed by atoms with Crippen LogP contribution in [0.15, 0.2) is 24.3 Å². The van der Waals surface area contributed by atoms with Gasteiger partial charge in [-0.3, -0.25) is 9.52 Å². The second-order valence-electron chi connectivity index (χ2n) is 2.98. The van der Waals surface area contributed by atoms with Crippen LogP contribution in [0, 0.1) is 0 Å². The Kier molecular flexibility index (Phi) is 3.73. The van der Waals surface area contributed by atoms with Crippen LogP contribution in [0.4, 0.5) is 5.69 Å². The van der Waals surface area contributed by atoms with Gasteiger partial charge in [-0.05, 0) is 24.3 Å². The van der Waals surface area contributed by atoms with Gasteiger partial charge in [-0.2, -0.15) is 0 Å². The largest absolute Gasteiger partial charge is 0.508 e. The van der Waals surface area contributed by atoms with Crippen molar-refractivity contribution in [3.63, 3.8) is 0 Å². The maximum Gasteiger partial charge on any atom is 0.322 e. The van der Waals surface area contributed by atoms with Crippen LogP contribution in [0.5, 0.6) is 5.75 Å². The number of methoxy groups -OCH3 is 1. The highest BCUT2D eigenvalue weighted by Crippen LogP contribution is 2.14. The molecule has 0 saturated heterocycles. The van der Waals surface area contributed by atoms with E-state index in [9.17, 15) is 13.2 Å². The molecular weight excluding hydrogens is 234 g/mol. The fourth-order valence-corrected chi connectivity index (χ4v) is 1.95. The zero-order valence-electron chi connectivity index (χ0n) is 8.50. The minimum absolute atomic E-state index is 0.0240. The Morgan fingerprint density at radius 1 is 1.38 bits per heavy atom. The first-order valence-electron chi connectivity index (χ1n) is 4.29. The van der Waals surface area contributed by atoms with Crippen LogP contribution in [-0.4, -0.2) is 32.4 Å². The number of benzene rings is 1. The lowest BCUT2D eigenvalue weighted by atomic mass is 10.3. The Morgan fingerprint density at radius 2 is 1.94 bits per heavy atom. The molecule has 0 amide bonds. The molecule has 0 aliphatic carbocycles. The summed E-state index contributed by atoms with van der Waals surface area (Å²) in [5, 5.41) is 8.99. The quantitative estimate of drug-likeness (QED) is 0.588. The van der Waals surface area contributed by atoms with E-state index in [1.54, 1.807) is 0 Å². The molecule has 0 aromatic heterocycles. The SMILES string of the molecule is COC(=O)CS(=O)(=O)Nc1ccc(O)cc1. The summed E-state index contributed by atoms with van der Waals surface area (Å²) < 4.78 is 29.2. The predicted molar refractivity (Wildman–Crippen MR) is 57.5 cm³/mol. The number of phenolic OH excluding ortho intramolecular Hbond substituents is 1. The van der Waals surface area contributed by atoms with Gasteiger partial charge in [0.1, 0.15) is 5.75 Å². The fourth-order valence-electron chi connectivity index (χ4n) is 0.959. The summed E-state index contributed by atoms with van der Waals surface area (Å²) in [5.41, 5.74) is 0.265. The van der Waals surface area contributed by atoms with Crippen molar-refractivity contribution in [2.75, 3.05) is 17.6 Å². The maximum absolute atomic E-state index is 11.4. The third-order valence-electron chi connectivity index (χ3n) is 1.68. The number of ether oxygens (including phenoxy) is 1. The number of anilines is 1. The van der Waals surface area contributed by atoms with E-state index in [4.69, 9.17) is 5.11 Å². The highest BCUT2D eigenvalue weighted by molar-refractivity contribution is 7.93. The number of hydrogen-bond donors (Lipinski definition) is 2. The van der Waals surface area contributed by atoms with Gasteiger partial charge in [0.15, 0.2) is 5.75 Å². The first-order chi connectivity index (χ1) is 7.43.